The summed E-state index contributed by atoms with van der Waals surface area (Å²) in [5.41, 5.74) is 3.00. The molecule has 0 aliphatic heterocycles. The van der Waals surface area contributed by atoms with Crippen LogP contribution in [-0.4, -0.2) is 33.2 Å². The Balaban J connectivity index is 1.81. The van der Waals surface area contributed by atoms with Crippen molar-refractivity contribution in [3.8, 4) is 11.5 Å². The number of hydrogen-bond acceptors (Lipinski definition) is 4. The van der Waals surface area contributed by atoms with Crippen molar-refractivity contribution < 1.29 is 14.3 Å². The SMILES string of the molecule is COc1ccccc1CCNC(=O)CNc1cc(C)ccc1OC. The summed E-state index contributed by atoms with van der Waals surface area (Å²) >= 11 is 0. The zero-order chi connectivity index (χ0) is 17.4. The second kappa shape index (κ2) is 8.82. The smallest absolute Gasteiger partial charge is 0.239 e. The Morgan fingerprint density at radius 1 is 1.04 bits per heavy atom. The molecule has 2 rings (SSSR count). The van der Waals surface area contributed by atoms with Crippen LogP contribution in [0.3, 0.4) is 0 Å². The minimum atomic E-state index is -0.0616. The molecule has 0 unspecified atom stereocenters. The normalized spacial score (nSPS) is 10.1. The van der Waals surface area contributed by atoms with Gasteiger partial charge in [-0.1, -0.05) is 24.3 Å². The van der Waals surface area contributed by atoms with Crippen LogP contribution in [0.1, 0.15) is 11.1 Å². The third-order valence-electron chi connectivity index (χ3n) is 3.70. The minimum absolute atomic E-state index is 0.0616. The first kappa shape index (κ1) is 17.7. The number of aryl methyl sites for hydroxylation is 1. The van der Waals surface area contributed by atoms with E-state index in [-0.39, 0.29) is 12.5 Å². The molecule has 2 N–H and O–H groups in total. The van der Waals surface area contributed by atoms with Gasteiger partial charge in [0.05, 0.1) is 26.5 Å². The molecule has 5 nitrogen and oxygen atoms in total. The van der Waals surface area contributed by atoms with Crippen molar-refractivity contribution in [2.75, 3.05) is 32.6 Å². The number of para-hydroxylation sites is 1. The molecule has 2 aromatic carbocycles. The Bertz CT molecular complexity index is 686. The highest BCUT2D eigenvalue weighted by Crippen LogP contribution is 2.24. The first-order chi connectivity index (χ1) is 11.6. The van der Waals surface area contributed by atoms with Gasteiger partial charge in [0.15, 0.2) is 0 Å². The van der Waals surface area contributed by atoms with Gasteiger partial charge in [0.25, 0.3) is 0 Å². The van der Waals surface area contributed by atoms with Crippen LogP contribution in [0.2, 0.25) is 0 Å². The first-order valence-electron chi connectivity index (χ1n) is 7.91. The molecular weight excluding hydrogens is 304 g/mol. The Hall–Kier alpha value is -2.69. The average Bonchev–Trinajstić information content (AvgIpc) is 2.60. The standard InChI is InChI=1S/C19H24N2O3/c1-14-8-9-18(24-3)16(12-14)21-13-19(22)20-11-10-15-6-4-5-7-17(15)23-2/h4-9,12,21H,10-11,13H2,1-3H3,(H,20,22). The lowest BCUT2D eigenvalue weighted by Crippen LogP contribution is -2.31. The molecule has 0 saturated heterocycles. The van der Waals surface area contributed by atoms with E-state index < -0.39 is 0 Å². The van der Waals surface area contributed by atoms with Gasteiger partial charge in [-0.25, -0.2) is 0 Å². The Morgan fingerprint density at radius 3 is 2.54 bits per heavy atom. The predicted molar refractivity (Wildman–Crippen MR) is 95.9 cm³/mol. The van der Waals surface area contributed by atoms with Crippen molar-refractivity contribution in [1.82, 2.24) is 5.32 Å². The molecule has 0 aliphatic carbocycles. The molecule has 0 atom stereocenters. The van der Waals surface area contributed by atoms with Crippen LogP contribution in [0.4, 0.5) is 5.69 Å². The number of rotatable bonds is 8. The average molecular weight is 328 g/mol. The highest BCUT2D eigenvalue weighted by Gasteiger charge is 2.07. The minimum Gasteiger partial charge on any atom is -0.496 e. The molecule has 5 heteroatoms. The molecule has 0 bridgehead atoms. The molecule has 0 heterocycles. The second-order valence-electron chi connectivity index (χ2n) is 5.47. The summed E-state index contributed by atoms with van der Waals surface area (Å²) in [4.78, 5) is 12.0. The monoisotopic (exact) mass is 328 g/mol. The maximum Gasteiger partial charge on any atom is 0.239 e. The molecule has 0 aliphatic rings. The van der Waals surface area contributed by atoms with Crippen molar-refractivity contribution in [3.63, 3.8) is 0 Å². The summed E-state index contributed by atoms with van der Waals surface area (Å²) in [6, 6.07) is 13.6. The predicted octanol–water partition coefficient (Wildman–Crippen LogP) is 2.78. The zero-order valence-electron chi connectivity index (χ0n) is 14.4. The number of ether oxygens (including phenoxy) is 2. The van der Waals surface area contributed by atoms with Crippen LogP contribution in [0, 0.1) is 6.92 Å². The maximum absolute atomic E-state index is 12.0. The van der Waals surface area contributed by atoms with Gasteiger partial charge in [0, 0.05) is 6.54 Å². The Labute approximate surface area is 143 Å². The molecular formula is C19H24N2O3. The number of nitrogens with one attached hydrogen (secondary N) is 2. The summed E-state index contributed by atoms with van der Waals surface area (Å²) in [5.74, 6) is 1.50. The molecule has 0 spiro atoms. The highest BCUT2D eigenvalue weighted by molar-refractivity contribution is 5.81. The van der Waals surface area contributed by atoms with Crippen LogP contribution in [0.25, 0.3) is 0 Å². The van der Waals surface area contributed by atoms with Crippen molar-refractivity contribution in [2.45, 2.75) is 13.3 Å². The number of amides is 1. The molecule has 0 aromatic heterocycles. The van der Waals surface area contributed by atoms with Crippen molar-refractivity contribution >= 4 is 11.6 Å². The maximum atomic E-state index is 12.0. The van der Waals surface area contributed by atoms with E-state index in [1.807, 2.05) is 49.4 Å². The fourth-order valence-electron chi connectivity index (χ4n) is 2.44. The zero-order valence-corrected chi connectivity index (χ0v) is 14.4. The molecule has 128 valence electrons. The summed E-state index contributed by atoms with van der Waals surface area (Å²) in [7, 11) is 3.26. The van der Waals surface area contributed by atoms with Gasteiger partial charge in [0.1, 0.15) is 11.5 Å². The van der Waals surface area contributed by atoms with Crippen LogP contribution >= 0.6 is 0 Å². The van der Waals surface area contributed by atoms with Gasteiger partial charge in [0.2, 0.25) is 5.91 Å². The summed E-state index contributed by atoms with van der Waals surface area (Å²) in [5, 5.41) is 6.02. The lowest BCUT2D eigenvalue weighted by Gasteiger charge is -2.12. The topological polar surface area (TPSA) is 59.6 Å². The molecule has 0 radical (unpaired) electrons. The fourth-order valence-corrected chi connectivity index (χ4v) is 2.44. The van der Waals surface area contributed by atoms with Gasteiger partial charge >= 0.3 is 0 Å². The van der Waals surface area contributed by atoms with E-state index in [4.69, 9.17) is 9.47 Å². The summed E-state index contributed by atoms with van der Waals surface area (Å²) < 4.78 is 10.6. The fraction of sp³-hybridized carbons (Fsp3) is 0.316. The van der Waals surface area contributed by atoms with Gasteiger partial charge < -0.3 is 20.1 Å². The van der Waals surface area contributed by atoms with Gasteiger partial charge in [-0.05, 0) is 42.7 Å². The van der Waals surface area contributed by atoms with E-state index in [1.54, 1.807) is 14.2 Å². The molecule has 1 amide bonds. The van der Waals surface area contributed by atoms with Gasteiger partial charge in [-0.15, -0.1) is 0 Å². The molecule has 24 heavy (non-hydrogen) atoms. The van der Waals surface area contributed by atoms with E-state index in [9.17, 15) is 4.79 Å². The lowest BCUT2D eigenvalue weighted by atomic mass is 10.1. The third kappa shape index (κ3) is 4.91. The van der Waals surface area contributed by atoms with Crippen LogP contribution in [0.15, 0.2) is 42.5 Å². The highest BCUT2D eigenvalue weighted by atomic mass is 16.5. The van der Waals surface area contributed by atoms with Crippen molar-refractivity contribution in [2.24, 2.45) is 0 Å². The van der Waals surface area contributed by atoms with E-state index >= 15 is 0 Å². The molecule has 0 fully saturated rings. The number of hydrogen-bond donors (Lipinski definition) is 2. The van der Waals surface area contributed by atoms with E-state index in [0.717, 1.165) is 34.7 Å². The number of methoxy groups -OCH3 is 2. The number of carbonyl (C=O) groups is 1. The van der Waals surface area contributed by atoms with Gasteiger partial charge in [-0.2, -0.15) is 0 Å². The first-order valence-corrected chi connectivity index (χ1v) is 7.91. The van der Waals surface area contributed by atoms with Gasteiger partial charge in [-0.3, -0.25) is 4.79 Å². The third-order valence-corrected chi connectivity index (χ3v) is 3.70. The van der Waals surface area contributed by atoms with Crippen LogP contribution in [0.5, 0.6) is 11.5 Å². The van der Waals surface area contributed by atoms with Crippen LogP contribution in [-0.2, 0) is 11.2 Å². The number of carbonyl (C=O) groups excluding carboxylic acids is 1. The molecule has 0 saturated carbocycles. The van der Waals surface area contributed by atoms with E-state index in [2.05, 4.69) is 10.6 Å². The van der Waals surface area contributed by atoms with E-state index in [0.29, 0.717) is 6.54 Å². The molecule has 2 aromatic rings. The summed E-state index contributed by atoms with van der Waals surface area (Å²) in [6.07, 6.45) is 0.726. The summed E-state index contributed by atoms with van der Waals surface area (Å²) in [6.45, 7) is 2.76. The number of benzene rings is 2. The second-order valence-corrected chi connectivity index (χ2v) is 5.47. The van der Waals surface area contributed by atoms with Crippen LogP contribution < -0.4 is 20.1 Å². The van der Waals surface area contributed by atoms with E-state index in [1.165, 1.54) is 0 Å². The Kier molecular flexibility index (Phi) is 6.49. The largest absolute Gasteiger partial charge is 0.496 e. The number of anilines is 1. The van der Waals surface area contributed by atoms with Crippen molar-refractivity contribution in [3.05, 3.63) is 53.6 Å². The Morgan fingerprint density at radius 2 is 1.79 bits per heavy atom. The lowest BCUT2D eigenvalue weighted by molar-refractivity contribution is -0.119. The van der Waals surface area contributed by atoms with Crippen molar-refractivity contribution in [1.29, 1.82) is 0 Å². The quantitative estimate of drug-likeness (QED) is 0.782.